The number of rotatable bonds is 6. The second kappa shape index (κ2) is 10.1. The van der Waals surface area contributed by atoms with Crippen molar-refractivity contribution in [3.8, 4) is 0 Å². The molecule has 1 saturated heterocycles. The first kappa shape index (κ1) is 19.3. The van der Waals surface area contributed by atoms with Crippen LogP contribution in [0.2, 0.25) is 0 Å². The number of amides is 1. The van der Waals surface area contributed by atoms with Gasteiger partial charge in [0.15, 0.2) is 0 Å². The van der Waals surface area contributed by atoms with Crippen LogP contribution in [0, 0.1) is 5.92 Å². The number of halogens is 1. The summed E-state index contributed by atoms with van der Waals surface area (Å²) < 4.78 is 0. The van der Waals surface area contributed by atoms with Crippen LogP contribution in [-0.4, -0.2) is 30.8 Å². The molecule has 1 amide bonds. The third kappa shape index (κ3) is 6.59. The molecule has 1 atom stereocenters. The van der Waals surface area contributed by atoms with Crippen molar-refractivity contribution in [1.29, 1.82) is 0 Å². The SMILES string of the molecule is CC(C)Sc1ccc(C(=O)NCCC2CCCNC2)cc1.Cl. The largest absolute Gasteiger partial charge is 0.352 e. The van der Waals surface area contributed by atoms with Crippen molar-refractivity contribution in [2.24, 2.45) is 5.92 Å². The zero-order chi connectivity index (χ0) is 15.1. The predicted octanol–water partition coefficient (Wildman–Crippen LogP) is 3.73. The maximum absolute atomic E-state index is 12.1. The van der Waals surface area contributed by atoms with E-state index in [4.69, 9.17) is 0 Å². The van der Waals surface area contributed by atoms with Gasteiger partial charge < -0.3 is 10.6 Å². The molecule has 0 radical (unpaired) electrons. The smallest absolute Gasteiger partial charge is 0.251 e. The lowest BCUT2D eigenvalue weighted by atomic mass is 9.96. The Morgan fingerprint density at radius 1 is 1.36 bits per heavy atom. The van der Waals surface area contributed by atoms with E-state index in [1.165, 1.54) is 17.7 Å². The van der Waals surface area contributed by atoms with E-state index >= 15 is 0 Å². The molecule has 0 saturated carbocycles. The number of hydrogen-bond donors (Lipinski definition) is 2. The molecule has 1 aromatic rings. The van der Waals surface area contributed by atoms with Crippen molar-refractivity contribution >= 4 is 30.1 Å². The van der Waals surface area contributed by atoms with Gasteiger partial charge in [-0.2, -0.15) is 0 Å². The minimum atomic E-state index is 0. The molecule has 1 heterocycles. The molecule has 0 aliphatic carbocycles. The van der Waals surface area contributed by atoms with Crippen LogP contribution in [0.1, 0.15) is 43.5 Å². The minimum absolute atomic E-state index is 0. The molecule has 3 nitrogen and oxygen atoms in total. The number of carbonyl (C=O) groups is 1. The third-order valence-electron chi connectivity index (χ3n) is 3.73. The van der Waals surface area contributed by atoms with Gasteiger partial charge >= 0.3 is 0 Å². The monoisotopic (exact) mass is 342 g/mol. The Labute approximate surface area is 144 Å². The highest BCUT2D eigenvalue weighted by Crippen LogP contribution is 2.22. The molecule has 2 rings (SSSR count). The van der Waals surface area contributed by atoms with Crippen molar-refractivity contribution in [2.45, 2.75) is 43.3 Å². The van der Waals surface area contributed by atoms with Gasteiger partial charge in [-0.15, -0.1) is 24.2 Å². The van der Waals surface area contributed by atoms with Crippen molar-refractivity contribution in [1.82, 2.24) is 10.6 Å². The Morgan fingerprint density at radius 2 is 2.09 bits per heavy atom. The van der Waals surface area contributed by atoms with Crippen LogP contribution in [-0.2, 0) is 0 Å². The quantitative estimate of drug-likeness (QED) is 0.774. The van der Waals surface area contributed by atoms with Crippen molar-refractivity contribution in [2.75, 3.05) is 19.6 Å². The summed E-state index contributed by atoms with van der Waals surface area (Å²) in [6.45, 7) is 7.35. The van der Waals surface area contributed by atoms with Crippen LogP contribution in [0.4, 0.5) is 0 Å². The Kier molecular flexibility index (Phi) is 8.91. The fraction of sp³-hybridized carbons (Fsp3) is 0.588. The number of thioether (sulfide) groups is 1. The van der Waals surface area contributed by atoms with E-state index in [1.807, 2.05) is 36.0 Å². The van der Waals surface area contributed by atoms with Crippen LogP contribution in [0.25, 0.3) is 0 Å². The Balaban J connectivity index is 0.00000242. The zero-order valence-electron chi connectivity index (χ0n) is 13.4. The van der Waals surface area contributed by atoms with Gasteiger partial charge in [-0.3, -0.25) is 4.79 Å². The minimum Gasteiger partial charge on any atom is -0.352 e. The van der Waals surface area contributed by atoms with E-state index in [0.29, 0.717) is 11.2 Å². The molecule has 1 aliphatic rings. The highest BCUT2D eigenvalue weighted by Gasteiger charge is 2.13. The summed E-state index contributed by atoms with van der Waals surface area (Å²) in [5.74, 6) is 0.753. The number of nitrogens with one attached hydrogen (secondary N) is 2. The van der Waals surface area contributed by atoms with Gasteiger partial charge in [-0.25, -0.2) is 0 Å². The average molecular weight is 343 g/mol. The molecule has 124 valence electrons. The molecule has 5 heteroatoms. The van der Waals surface area contributed by atoms with E-state index in [0.717, 1.165) is 31.6 Å². The topological polar surface area (TPSA) is 41.1 Å². The molecular weight excluding hydrogens is 316 g/mol. The van der Waals surface area contributed by atoms with Crippen molar-refractivity contribution in [3.63, 3.8) is 0 Å². The van der Waals surface area contributed by atoms with Crippen LogP contribution in [0.3, 0.4) is 0 Å². The average Bonchev–Trinajstić information content (AvgIpc) is 2.48. The first-order valence-electron chi connectivity index (χ1n) is 7.91. The lowest BCUT2D eigenvalue weighted by Crippen LogP contribution is -2.33. The molecular formula is C17H27ClN2OS. The van der Waals surface area contributed by atoms with E-state index in [9.17, 15) is 4.79 Å². The fourth-order valence-electron chi connectivity index (χ4n) is 2.62. The van der Waals surface area contributed by atoms with E-state index < -0.39 is 0 Å². The number of carbonyl (C=O) groups excluding carboxylic acids is 1. The van der Waals surface area contributed by atoms with Crippen LogP contribution in [0.15, 0.2) is 29.2 Å². The molecule has 0 bridgehead atoms. The predicted molar refractivity (Wildman–Crippen MR) is 97.2 cm³/mol. The summed E-state index contributed by atoms with van der Waals surface area (Å²) >= 11 is 1.82. The fourth-order valence-corrected chi connectivity index (χ4v) is 3.46. The molecule has 22 heavy (non-hydrogen) atoms. The van der Waals surface area contributed by atoms with Gasteiger partial charge in [0.25, 0.3) is 5.91 Å². The lowest BCUT2D eigenvalue weighted by Gasteiger charge is -2.22. The van der Waals surface area contributed by atoms with Gasteiger partial charge in [-0.05, 0) is 62.5 Å². The zero-order valence-corrected chi connectivity index (χ0v) is 15.1. The maximum atomic E-state index is 12.1. The Morgan fingerprint density at radius 3 is 2.68 bits per heavy atom. The number of hydrogen-bond acceptors (Lipinski definition) is 3. The third-order valence-corrected chi connectivity index (χ3v) is 4.74. The normalized spacial score (nSPS) is 17.9. The summed E-state index contributed by atoms with van der Waals surface area (Å²) in [5, 5.41) is 7.01. The highest BCUT2D eigenvalue weighted by atomic mass is 35.5. The molecule has 1 unspecified atom stereocenters. The second-order valence-electron chi connectivity index (χ2n) is 5.95. The number of benzene rings is 1. The molecule has 1 aromatic carbocycles. The molecule has 1 fully saturated rings. The van der Waals surface area contributed by atoms with Crippen molar-refractivity contribution in [3.05, 3.63) is 29.8 Å². The van der Waals surface area contributed by atoms with E-state index in [2.05, 4.69) is 24.5 Å². The Bertz CT molecular complexity index is 444. The summed E-state index contributed by atoms with van der Waals surface area (Å²) in [6, 6.07) is 7.90. The molecule has 2 N–H and O–H groups in total. The van der Waals surface area contributed by atoms with E-state index in [1.54, 1.807) is 0 Å². The second-order valence-corrected chi connectivity index (χ2v) is 7.60. The van der Waals surface area contributed by atoms with Gasteiger partial charge in [0.05, 0.1) is 0 Å². The first-order chi connectivity index (χ1) is 10.1. The summed E-state index contributed by atoms with van der Waals surface area (Å²) in [7, 11) is 0. The van der Waals surface area contributed by atoms with Crippen LogP contribution >= 0.6 is 24.2 Å². The highest BCUT2D eigenvalue weighted by molar-refractivity contribution is 7.99. The first-order valence-corrected chi connectivity index (χ1v) is 8.79. The maximum Gasteiger partial charge on any atom is 0.251 e. The van der Waals surface area contributed by atoms with Gasteiger partial charge in [0.1, 0.15) is 0 Å². The molecule has 0 spiro atoms. The summed E-state index contributed by atoms with van der Waals surface area (Å²) in [5.41, 5.74) is 0.755. The molecule has 1 aliphatic heterocycles. The summed E-state index contributed by atoms with van der Waals surface area (Å²) in [6.07, 6.45) is 3.61. The molecule has 0 aromatic heterocycles. The Hall–Kier alpha value is -0.710. The summed E-state index contributed by atoms with van der Waals surface area (Å²) in [4.78, 5) is 13.3. The number of piperidine rings is 1. The van der Waals surface area contributed by atoms with Gasteiger partial charge in [0, 0.05) is 22.3 Å². The van der Waals surface area contributed by atoms with Crippen LogP contribution < -0.4 is 10.6 Å². The standard InChI is InChI=1S/C17H26N2OS.ClH/c1-13(2)21-16-7-5-15(6-8-16)17(20)19-11-9-14-4-3-10-18-12-14;/h5-8,13-14,18H,3-4,9-12H2,1-2H3,(H,19,20);1H. The lowest BCUT2D eigenvalue weighted by molar-refractivity contribution is 0.0950. The van der Waals surface area contributed by atoms with Crippen LogP contribution in [0.5, 0.6) is 0 Å². The van der Waals surface area contributed by atoms with E-state index in [-0.39, 0.29) is 18.3 Å². The van der Waals surface area contributed by atoms with Gasteiger partial charge in [-0.1, -0.05) is 13.8 Å². The van der Waals surface area contributed by atoms with Gasteiger partial charge in [0.2, 0.25) is 0 Å². The van der Waals surface area contributed by atoms with Crippen molar-refractivity contribution < 1.29 is 4.79 Å².